The second-order valence-corrected chi connectivity index (χ2v) is 5.14. The van der Waals surface area contributed by atoms with Crippen molar-refractivity contribution in [3.05, 3.63) is 0 Å². The first-order chi connectivity index (χ1) is 6.02. The summed E-state index contributed by atoms with van der Waals surface area (Å²) in [5, 5.41) is 8.69. The standard InChI is InChI=1S/C9H17NO2S/c1-9(10,5-8(11)12)7-3-2-4-13-6-7/h7H,2-6,10H2,1H3,(H,11,12). The van der Waals surface area contributed by atoms with Crippen molar-refractivity contribution in [2.24, 2.45) is 11.7 Å². The molecule has 0 saturated carbocycles. The van der Waals surface area contributed by atoms with Crippen LogP contribution in [-0.2, 0) is 4.79 Å². The van der Waals surface area contributed by atoms with E-state index < -0.39 is 11.5 Å². The Labute approximate surface area is 83.1 Å². The van der Waals surface area contributed by atoms with Crippen molar-refractivity contribution in [1.29, 1.82) is 0 Å². The van der Waals surface area contributed by atoms with E-state index in [1.807, 2.05) is 18.7 Å². The number of carboxylic acid groups (broad SMARTS) is 1. The van der Waals surface area contributed by atoms with E-state index >= 15 is 0 Å². The number of carbonyl (C=O) groups is 1. The minimum Gasteiger partial charge on any atom is -0.481 e. The van der Waals surface area contributed by atoms with Crippen molar-refractivity contribution in [3.63, 3.8) is 0 Å². The molecule has 0 aromatic rings. The van der Waals surface area contributed by atoms with Crippen molar-refractivity contribution in [1.82, 2.24) is 0 Å². The van der Waals surface area contributed by atoms with E-state index in [1.165, 1.54) is 12.2 Å². The number of hydrogen-bond donors (Lipinski definition) is 2. The molecule has 2 unspecified atom stereocenters. The maximum Gasteiger partial charge on any atom is 0.305 e. The average molecular weight is 203 g/mol. The second-order valence-electron chi connectivity index (χ2n) is 3.99. The highest BCUT2D eigenvalue weighted by Crippen LogP contribution is 2.31. The van der Waals surface area contributed by atoms with Gasteiger partial charge < -0.3 is 10.8 Å². The molecule has 1 fully saturated rings. The third-order valence-electron chi connectivity index (χ3n) is 2.63. The molecule has 1 heterocycles. The highest BCUT2D eigenvalue weighted by molar-refractivity contribution is 7.99. The minimum atomic E-state index is -0.791. The summed E-state index contributed by atoms with van der Waals surface area (Å²) in [5.74, 6) is 1.78. The quantitative estimate of drug-likeness (QED) is 0.726. The van der Waals surface area contributed by atoms with E-state index in [4.69, 9.17) is 10.8 Å². The Hall–Kier alpha value is -0.220. The van der Waals surface area contributed by atoms with Crippen LogP contribution in [0.4, 0.5) is 0 Å². The summed E-state index contributed by atoms with van der Waals surface area (Å²) >= 11 is 1.88. The molecule has 0 spiro atoms. The monoisotopic (exact) mass is 203 g/mol. The SMILES string of the molecule is CC(N)(CC(=O)O)C1CCCSC1. The van der Waals surface area contributed by atoms with Crippen LogP contribution in [0, 0.1) is 5.92 Å². The first kappa shape index (κ1) is 10.9. The van der Waals surface area contributed by atoms with Gasteiger partial charge in [-0.2, -0.15) is 11.8 Å². The van der Waals surface area contributed by atoms with Gasteiger partial charge in [0.15, 0.2) is 0 Å². The molecule has 4 heteroatoms. The number of nitrogens with two attached hydrogens (primary N) is 1. The Balaban J connectivity index is 2.50. The van der Waals surface area contributed by atoms with Gasteiger partial charge in [-0.3, -0.25) is 4.79 Å². The molecule has 0 amide bonds. The summed E-state index contributed by atoms with van der Waals surface area (Å²) in [6.45, 7) is 1.86. The molecule has 2 atom stereocenters. The fraction of sp³-hybridized carbons (Fsp3) is 0.889. The van der Waals surface area contributed by atoms with E-state index in [9.17, 15) is 4.79 Å². The Morgan fingerprint density at radius 3 is 2.92 bits per heavy atom. The summed E-state index contributed by atoms with van der Waals surface area (Å²) in [6.07, 6.45) is 2.33. The predicted molar refractivity (Wildman–Crippen MR) is 54.9 cm³/mol. The molecule has 13 heavy (non-hydrogen) atoms. The Bertz CT molecular complexity index is 188. The lowest BCUT2D eigenvalue weighted by Gasteiger charge is -2.35. The van der Waals surface area contributed by atoms with Gasteiger partial charge in [-0.1, -0.05) is 0 Å². The lowest BCUT2D eigenvalue weighted by atomic mass is 9.82. The molecule has 0 bridgehead atoms. The number of thioether (sulfide) groups is 1. The highest BCUT2D eigenvalue weighted by Gasteiger charge is 2.33. The zero-order valence-corrected chi connectivity index (χ0v) is 8.77. The van der Waals surface area contributed by atoms with Crippen molar-refractivity contribution in [2.75, 3.05) is 11.5 Å². The van der Waals surface area contributed by atoms with Crippen molar-refractivity contribution in [3.8, 4) is 0 Å². The summed E-state index contributed by atoms with van der Waals surface area (Å²) in [6, 6.07) is 0. The molecule has 1 rings (SSSR count). The van der Waals surface area contributed by atoms with Gasteiger partial charge in [-0.25, -0.2) is 0 Å². The van der Waals surface area contributed by atoms with Crippen LogP contribution in [0.1, 0.15) is 26.2 Å². The van der Waals surface area contributed by atoms with Gasteiger partial charge in [-0.05, 0) is 37.2 Å². The maximum atomic E-state index is 10.6. The largest absolute Gasteiger partial charge is 0.481 e. The summed E-state index contributed by atoms with van der Waals surface area (Å²) < 4.78 is 0. The smallest absolute Gasteiger partial charge is 0.305 e. The lowest BCUT2D eigenvalue weighted by Crippen LogP contribution is -2.47. The Morgan fingerprint density at radius 2 is 2.46 bits per heavy atom. The third kappa shape index (κ3) is 3.19. The second kappa shape index (κ2) is 4.33. The van der Waals surface area contributed by atoms with Crippen LogP contribution in [0.2, 0.25) is 0 Å². The van der Waals surface area contributed by atoms with Gasteiger partial charge in [0.25, 0.3) is 0 Å². The van der Waals surface area contributed by atoms with E-state index in [2.05, 4.69) is 0 Å². The number of carboxylic acids is 1. The summed E-state index contributed by atoms with van der Waals surface area (Å²) in [4.78, 5) is 10.6. The molecule has 0 radical (unpaired) electrons. The van der Waals surface area contributed by atoms with Gasteiger partial charge in [0.05, 0.1) is 6.42 Å². The zero-order chi connectivity index (χ0) is 9.90. The van der Waals surface area contributed by atoms with Crippen LogP contribution >= 0.6 is 11.8 Å². The zero-order valence-electron chi connectivity index (χ0n) is 7.95. The van der Waals surface area contributed by atoms with Crippen LogP contribution in [0.15, 0.2) is 0 Å². The van der Waals surface area contributed by atoms with Crippen LogP contribution in [0.25, 0.3) is 0 Å². The van der Waals surface area contributed by atoms with E-state index in [-0.39, 0.29) is 6.42 Å². The van der Waals surface area contributed by atoms with Crippen LogP contribution < -0.4 is 5.73 Å². The summed E-state index contributed by atoms with van der Waals surface area (Å²) in [7, 11) is 0. The first-order valence-corrected chi connectivity index (χ1v) is 5.76. The lowest BCUT2D eigenvalue weighted by molar-refractivity contribution is -0.138. The van der Waals surface area contributed by atoms with Crippen LogP contribution in [0.5, 0.6) is 0 Å². The first-order valence-electron chi connectivity index (χ1n) is 4.61. The van der Waals surface area contributed by atoms with E-state index in [0.29, 0.717) is 5.92 Å². The molecule has 1 aliphatic heterocycles. The number of rotatable bonds is 3. The molecule has 3 N–H and O–H groups in total. The fourth-order valence-electron chi connectivity index (χ4n) is 1.73. The topological polar surface area (TPSA) is 63.3 Å². The normalized spacial score (nSPS) is 28.0. The molecule has 3 nitrogen and oxygen atoms in total. The average Bonchev–Trinajstić information content (AvgIpc) is 2.04. The Morgan fingerprint density at radius 1 is 1.77 bits per heavy atom. The van der Waals surface area contributed by atoms with Crippen molar-refractivity contribution < 1.29 is 9.90 Å². The van der Waals surface area contributed by atoms with Crippen LogP contribution in [0.3, 0.4) is 0 Å². The molecule has 0 aromatic heterocycles. The van der Waals surface area contributed by atoms with Crippen molar-refractivity contribution >= 4 is 17.7 Å². The van der Waals surface area contributed by atoms with Gasteiger partial charge in [-0.15, -0.1) is 0 Å². The molecule has 0 aromatic carbocycles. The molecule has 1 saturated heterocycles. The summed E-state index contributed by atoms with van der Waals surface area (Å²) in [5.41, 5.74) is 5.47. The highest BCUT2D eigenvalue weighted by atomic mass is 32.2. The molecule has 76 valence electrons. The molecular weight excluding hydrogens is 186 g/mol. The van der Waals surface area contributed by atoms with E-state index in [1.54, 1.807) is 0 Å². The number of aliphatic carboxylic acids is 1. The molecule has 0 aliphatic carbocycles. The van der Waals surface area contributed by atoms with Crippen molar-refractivity contribution in [2.45, 2.75) is 31.7 Å². The fourth-order valence-corrected chi connectivity index (χ4v) is 3.10. The predicted octanol–water partition coefficient (Wildman–Crippen LogP) is 1.32. The van der Waals surface area contributed by atoms with Gasteiger partial charge >= 0.3 is 5.97 Å². The van der Waals surface area contributed by atoms with Gasteiger partial charge in [0.2, 0.25) is 0 Å². The van der Waals surface area contributed by atoms with Gasteiger partial charge in [0.1, 0.15) is 0 Å². The maximum absolute atomic E-state index is 10.6. The molecular formula is C9H17NO2S. The number of hydrogen-bond acceptors (Lipinski definition) is 3. The Kier molecular flexibility index (Phi) is 3.62. The van der Waals surface area contributed by atoms with Gasteiger partial charge in [0, 0.05) is 5.54 Å². The molecule has 1 aliphatic rings. The third-order valence-corrected chi connectivity index (χ3v) is 3.84. The van der Waals surface area contributed by atoms with E-state index in [0.717, 1.165) is 12.2 Å². The minimum absolute atomic E-state index is 0.0816. The van der Waals surface area contributed by atoms with Crippen LogP contribution in [-0.4, -0.2) is 28.1 Å².